The Morgan fingerprint density at radius 2 is 1.60 bits per heavy atom. The zero-order chi connectivity index (χ0) is 11.6. The van der Waals surface area contributed by atoms with Crippen LogP contribution in [0.15, 0.2) is 18.2 Å². The maximum atomic E-state index is 10.2. The molecule has 0 amide bonds. The molecule has 1 N–H and O–H groups in total. The van der Waals surface area contributed by atoms with Crippen molar-refractivity contribution in [2.75, 3.05) is 0 Å². The summed E-state index contributed by atoms with van der Waals surface area (Å²) in [6.07, 6.45) is -0.343. The first-order valence-corrected chi connectivity index (χ1v) is 5.68. The van der Waals surface area contributed by atoms with Crippen molar-refractivity contribution < 1.29 is 5.11 Å². The van der Waals surface area contributed by atoms with Gasteiger partial charge >= 0.3 is 0 Å². The summed E-state index contributed by atoms with van der Waals surface area (Å²) in [6, 6.07) is 6.21. The van der Waals surface area contributed by atoms with E-state index in [2.05, 4.69) is 46.8 Å². The molecule has 0 heterocycles. The molecule has 1 heteroatoms. The number of aliphatic hydroxyl groups excluding tert-OH is 1. The highest BCUT2D eigenvalue weighted by molar-refractivity contribution is 5.31. The van der Waals surface area contributed by atoms with Gasteiger partial charge in [0.05, 0.1) is 6.10 Å². The number of aliphatic hydroxyl groups is 1. The molecular formula is C14H22O. The van der Waals surface area contributed by atoms with Crippen LogP contribution >= 0.6 is 0 Å². The summed E-state index contributed by atoms with van der Waals surface area (Å²) < 4.78 is 0. The highest BCUT2D eigenvalue weighted by atomic mass is 16.3. The van der Waals surface area contributed by atoms with E-state index in [0.717, 1.165) is 5.56 Å². The van der Waals surface area contributed by atoms with Crippen molar-refractivity contribution in [2.45, 2.75) is 40.7 Å². The van der Waals surface area contributed by atoms with E-state index >= 15 is 0 Å². The summed E-state index contributed by atoms with van der Waals surface area (Å²) in [5.41, 5.74) is 3.57. The summed E-state index contributed by atoms with van der Waals surface area (Å²) in [5, 5.41) is 10.2. The zero-order valence-electron chi connectivity index (χ0n) is 10.4. The number of aryl methyl sites for hydroxylation is 2. The number of hydrogen-bond donors (Lipinski definition) is 1. The van der Waals surface area contributed by atoms with Gasteiger partial charge < -0.3 is 5.11 Å². The van der Waals surface area contributed by atoms with Gasteiger partial charge in [-0.25, -0.2) is 0 Å². The van der Waals surface area contributed by atoms with E-state index in [1.807, 2.05) is 6.07 Å². The predicted octanol–water partition coefficient (Wildman–Crippen LogP) is 3.63. The standard InChI is InChI=1S/C14H22O/c1-9(2)12(5)14(15)13-7-6-10(3)11(4)8-13/h6-9,12,14-15H,1-5H3. The van der Waals surface area contributed by atoms with Gasteiger partial charge in [0.15, 0.2) is 0 Å². The minimum absolute atomic E-state index is 0.298. The zero-order valence-corrected chi connectivity index (χ0v) is 10.4. The molecule has 0 spiro atoms. The molecule has 0 saturated heterocycles. The Bertz CT molecular complexity index is 328. The van der Waals surface area contributed by atoms with Crippen LogP contribution in [-0.2, 0) is 0 Å². The summed E-state index contributed by atoms with van der Waals surface area (Å²) in [7, 11) is 0. The molecule has 0 aromatic heterocycles. The SMILES string of the molecule is Cc1ccc(C(O)C(C)C(C)C)cc1C. The van der Waals surface area contributed by atoms with Crippen LogP contribution in [0.2, 0.25) is 0 Å². The van der Waals surface area contributed by atoms with E-state index in [1.165, 1.54) is 11.1 Å². The Morgan fingerprint density at radius 1 is 1.00 bits per heavy atom. The molecule has 0 aliphatic carbocycles. The topological polar surface area (TPSA) is 20.2 Å². The normalized spacial score (nSPS) is 15.4. The van der Waals surface area contributed by atoms with Crippen LogP contribution in [0.4, 0.5) is 0 Å². The third-order valence-corrected chi connectivity index (χ3v) is 3.42. The van der Waals surface area contributed by atoms with Crippen molar-refractivity contribution in [3.8, 4) is 0 Å². The quantitative estimate of drug-likeness (QED) is 0.800. The molecular weight excluding hydrogens is 184 g/mol. The number of rotatable bonds is 3. The lowest BCUT2D eigenvalue weighted by molar-refractivity contribution is 0.0920. The molecule has 1 aromatic carbocycles. The highest BCUT2D eigenvalue weighted by Crippen LogP contribution is 2.28. The second kappa shape index (κ2) is 4.80. The average molecular weight is 206 g/mol. The van der Waals surface area contributed by atoms with Gasteiger partial charge in [-0.2, -0.15) is 0 Å². The van der Waals surface area contributed by atoms with E-state index in [9.17, 15) is 5.11 Å². The number of hydrogen-bond acceptors (Lipinski definition) is 1. The largest absolute Gasteiger partial charge is 0.388 e. The van der Waals surface area contributed by atoms with Gasteiger partial charge in [0.25, 0.3) is 0 Å². The first-order valence-electron chi connectivity index (χ1n) is 5.68. The predicted molar refractivity (Wildman–Crippen MR) is 64.9 cm³/mol. The third-order valence-electron chi connectivity index (χ3n) is 3.42. The molecule has 2 unspecified atom stereocenters. The van der Waals surface area contributed by atoms with Crippen molar-refractivity contribution in [3.05, 3.63) is 34.9 Å². The molecule has 0 bridgehead atoms. The van der Waals surface area contributed by atoms with Crippen molar-refractivity contribution in [3.63, 3.8) is 0 Å². The maximum Gasteiger partial charge on any atom is 0.0818 e. The molecule has 84 valence electrons. The van der Waals surface area contributed by atoms with Crippen molar-refractivity contribution in [1.82, 2.24) is 0 Å². The minimum atomic E-state index is -0.343. The van der Waals surface area contributed by atoms with E-state index in [1.54, 1.807) is 0 Å². The van der Waals surface area contributed by atoms with Crippen LogP contribution in [0.25, 0.3) is 0 Å². The monoisotopic (exact) mass is 206 g/mol. The molecule has 1 rings (SSSR count). The van der Waals surface area contributed by atoms with Crippen molar-refractivity contribution in [1.29, 1.82) is 0 Å². The Hall–Kier alpha value is -0.820. The minimum Gasteiger partial charge on any atom is -0.388 e. The third kappa shape index (κ3) is 2.82. The van der Waals surface area contributed by atoms with Crippen LogP contribution in [-0.4, -0.2) is 5.11 Å². The van der Waals surface area contributed by atoms with Gasteiger partial charge in [0.1, 0.15) is 0 Å². The summed E-state index contributed by atoms with van der Waals surface area (Å²) in [6.45, 7) is 10.6. The summed E-state index contributed by atoms with van der Waals surface area (Å²) >= 11 is 0. The molecule has 0 aliphatic rings. The molecule has 0 aliphatic heterocycles. The first-order chi connectivity index (χ1) is 6.93. The average Bonchev–Trinajstić information content (AvgIpc) is 2.19. The van der Waals surface area contributed by atoms with Crippen molar-refractivity contribution >= 4 is 0 Å². The lowest BCUT2D eigenvalue weighted by Crippen LogP contribution is -2.15. The second-order valence-corrected chi connectivity index (χ2v) is 4.89. The van der Waals surface area contributed by atoms with E-state index in [4.69, 9.17) is 0 Å². The fraction of sp³-hybridized carbons (Fsp3) is 0.571. The Balaban J connectivity index is 2.91. The van der Waals surface area contributed by atoms with Gasteiger partial charge in [-0.1, -0.05) is 39.0 Å². The fourth-order valence-electron chi connectivity index (χ4n) is 1.62. The molecule has 0 saturated carbocycles. The van der Waals surface area contributed by atoms with E-state index in [0.29, 0.717) is 11.8 Å². The molecule has 15 heavy (non-hydrogen) atoms. The maximum absolute atomic E-state index is 10.2. The van der Waals surface area contributed by atoms with Gasteiger partial charge in [-0.15, -0.1) is 0 Å². The Morgan fingerprint density at radius 3 is 2.07 bits per heavy atom. The second-order valence-electron chi connectivity index (χ2n) is 4.89. The molecule has 1 aromatic rings. The number of benzene rings is 1. The van der Waals surface area contributed by atoms with Gasteiger partial charge in [0, 0.05) is 0 Å². The highest BCUT2D eigenvalue weighted by Gasteiger charge is 2.19. The molecule has 0 fully saturated rings. The van der Waals surface area contributed by atoms with Gasteiger partial charge in [-0.3, -0.25) is 0 Å². The smallest absolute Gasteiger partial charge is 0.0818 e. The van der Waals surface area contributed by atoms with Gasteiger partial charge in [0.2, 0.25) is 0 Å². The van der Waals surface area contributed by atoms with Crippen molar-refractivity contribution in [2.24, 2.45) is 11.8 Å². The summed E-state index contributed by atoms with van der Waals surface area (Å²) in [5.74, 6) is 0.800. The first kappa shape index (κ1) is 12.3. The lowest BCUT2D eigenvalue weighted by Gasteiger charge is -2.23. The molecule has 2 atom stereocenters. The molecule has 1 nitrogen and oxygen atoms in total. The van der Waals surface area contributed by atoms with Crippen LogP contribution in [0, 0.1) is 25.7 Å². The van der Waals surface area contributed by atoms with Gasteiger partial charge in [-0.05, 0) is 42.4 Å². The van der Waals surface area contributed by atoms with Crippen LogP contribution < -0.4 is 0 Å². The molecule has 0 radical (unpaired) electrons. The lowest BCUT2D eigenvalue weighted by atomic mass is 9.87. The van der Waals surface area contributed by atoms with E-state index in [-0.39, 0.29) is 6.10 Å². The van der Waals surface area contributed by atoms with E-state index < -0.39 is 0 Å². The summed E-state index contributed by atoms with van der Waals surface area (Å²) in [4.78, 5) is 0. The Kier molecular flexibility index (Phi) is 3.92. The fourth-order valence-corrected chi connectivity index (χ4v) is 1.62. The van der Waals surface area contributed by atoms with Crippen LogP contribution in [0.3, 0.4) is 0 Å². The Labute approximate surface area is 93.1 Å². The van der Waals surface area contributed by atoms with Crippen LogP contribution in [0.5, 0.6) is 0 Å². The van der Waals surface area contributed by atoms with Crippen LogP contribution in [0.1, 0.15) is 43.6 Å².